The molecule has 1 aromatic rings. The van der Waals surface area contributed by atoms with Crippen LogP contribution in [0.15, 0.2) is 24.3 Å². The van der Waals surface area contributed by atoms with Gasteiger partial charge in [-0.05, 0) is 36.5 Å². The Labute approximate surface area is 71.2 Å². The quantitative estimate of drug-likeness (QED) is 0.636. The molecular formula is C10H10O2. The van der Waals surface area contributed by atoms with E-state index in [0.29, 0.717) is 18.1 Å². The lowest BCUT2D eigenvalue weighted by Crippen LogP contribution is -1.89. The van der Waals surface area contributed by atoms with Crippen molar-refractivity contribution in [2.24, 2.45) is 0 Å². The minimum atomic E-state index is 0.464. The van der Waals surface area contributed by atoms with E-state index in [1.807, 2.05) is 12.1 Å². The van der Waals surface area contributed by atoms with Crippen LogP contribution in [-0.4, -0.2) is 6.47 Å². The molecule has 0 spiro atoms. The van der Waals surface area contributed by atoms with Gasteiger partial charge in [0.15, 0.2) is 0 Å². The molecule has 0 amide bonds. The Morgan fingerprint density at radius 2 is 2.25 bits per heavy atom. The SMILES string of the molecule is O=COc1cccc(C2CC2)c1. The number of carbonyl (C=O) groups is 1. The van der Waals surface area contributed by atoms with E-state index in [1.165, 1.54) is 18.4 Å². The molecule has 1 saturated carbocycles. The summed E-state index contributed by atoms with van der Waals surface area (Å²) in [7, 11) is 0. The molecule has 0 aromatic heterocycles. The molecule has 0 atom stereocenters. The summed E-state index contributed by atoms with van der Waals surface area (Å²) in [5.41, 5.74) is 1.29. The van der Waals surface area contributed by atoms with Crippen molar-refractivity contribution in [3.8, 4) is 5.75 Å². The van der Waals surface area contributed by atoms with Gasteiger partial charge in [-0.15, -0.1) is 0 Å². The topological polar surface area (TPSA) is 26.3 Å². The van der Waals surface area contributed by atoms with Crippen LogP contribution in [0.4, 0.5) is 0 Å². The minimum absolute atomic E-state index is 0.464. The first-order valence-electron chi connectivity index (χ1n) is 4.10. The molecular weight excluding hydrogens is 152 g/mol. The first kappa shape index (κ1) is 7.35. The van der Waals surface area contributed by atoms with Crippen molar-refractivity contribution in [1.29, 1.82) is 0 Å². The highest BCUT2D eigenvalue weighted by Gasteiger charge is 2.23. The summed E-state index contributed by atoms with van der Waals surface area (Å²) in [6.07, 6.45) is 2.54. The highest BCUT2D eigenvalue weighted by atomic mass is 16.5. The van der Waals surface area contributed by atoms with Crippen molar-refractivity contribution < 1.29 is 9.53 Å². The third-order valence-electron chi connectivity index (χ3n) is 2.09. The van der Waals surface area contributed by atoms with Crippen LogP contribution < -0.4 is 4.74 Å². The smallest absolute Gasteiger partial charge is 0.298 e. The van der Waals surface area contributed by atoms with Crippen molar-refractivity contribution in [2.45, 2.75) is 18.8 Å². The molecule has 2 heteroatoms. The molecule has 1 aromatic carbocycles. The van der Waals surface area contributed by atoms with Gasteiger partial charge >= 0.3 is 0 Å². The third-order valence-corrected chi connectivity index (χ3v) is 2.09. The van der Waals surface area contributed by atoms with Gasteiger partial charge in [0.1, 0.15) is 5.75 Å². The maximum atomic E-state index is 10.0. The lowest BCUT2D eigenvalue weighted by molar-refractivity contribution is -0.120. The van der Waals surface area contributed by atoms with E-state index in [2.05, 4.69) is 6.07 Å². The maximum Gasteiger partial charge on any atom is 0.298 e. The number of hydrogen-bond acceptors (Lipinski definition) is 2. The summed E-state index contributed by atoms with van der Waals surface area (Å²) in [5.74, 6) is 1.36. The summed E-state index contributed by atoms with van der Waals surface area (Å²) in [5, 5.41) is 0. The molecule has 0 heterocycles. The van der Waals surface area contributed by atoms with Gasteiger partial charge in [0.05, 0.1) is 0 Å². The number of rotatable bonds is 3. The van der Waals surface area contributed by atoms with Crippen molar-refractivity contribution in [2.75, 3.05) is 0 Å². The molecule has 0 saturated heterocycles. The van der Waals surface area contributed by atoms with Crippen LogP contribution in [0.2, 0.25) is 0 Å². The number of benzene rings is 1. The van der Waals surface area contributed by atoms with E-state index in [4.69, 9.17) is 4.74 Å². The Kier molecular flexibility index (Phi) is 1.82. The Morgan fingerprint density at radius 1 is 1.42 bits per heavy atom. The highest BCUT2D eigenvalue weighted by molar-refractivity contribution is 5.46. The van der Waals surface area contributed by atoms with Crippen molar-refractivity contribution in [3.05, 3.63) is 29.8 Å². The summed E-state index contributed by atoms with van der Waals surface area (Å²) in [6.45, 7) is 0.464. The molecule has 2 rings (SSSR count). The van der Waals surface area contributed by atoms with Crippen LogP contribution in [0, 0.1) is 0 Å². The number of hydrogen-bond donors (Lipinski definition) is 0. The van der Waals surface area contributed by atoms with Crippen LogP contribution in [0.25, 0.3) is 0 Å². The molecule has 0 bridgehead atoms. The fourth-order valence-corrected chi connectivity index (χ4v) is 1.31. The van der Waals surface area contributed by atoms with Gasteiger partial charge in [-0.3, -0.25) is 4.79 Å². The van der Waals surface area contributed by atoms with Gasteiger partial charge in [-0.1, -0.05) is 12.1 Å². The van der Waals surface area contributed by atoms with E-state index in [1.54, 1.807) is 6.07 Å². The fraction of sp³-hybridized carbons (Fsp3) is 0.300. The first-order chi connectivity index (χ1) is 5.90. The average molecular weight is 162 g/mol. The second kappa shape index (κ2) is 2.97. The van der Waals surface area contributed by atoms with Gasteiger partial charge in [0, 0.05) is 0 Å². The zero-order chi connectivity index (χ0) is 8.39. The molecule has 0 unspecified atom stereocenters. The van der Waals surface area contributed by atoms with Gasteiger partial charge in [-0.2, -0.15) is 0 Å². The second-order valence-electron chi connectivity index (χ2n) is 3.06. The molecule has 0 radical (unpaired) electrons. The van der Waals surface area contributed by atoms with E-state index in [0.717, 1.165) is 0 Å². The van der Waals surface area contributed by atoms with E-state index in [9.17, 15) is 4.79 Å². The monoisotopic (exact) mass is 162 g/mol. The Morgan fingerprint density at radius 3 is 2.92 bits per heavy atom. The Balaban J connectivity index is 2.20. The van der Waals surface area contributed by atoms with E-state index < -0.39 is 0 Å². The molecule has 12 heavy (non-hydrogen) atoms. The molecule has 1 fully saturated rings. The third kappa shape index (κ3) is 1.47. The van der Waals surface area contributed by atoms with Crippen LogP contribution in [0.5, 0.6) is 5.75 Å². The summed E-state index contributed by atoms with van der Waals surface area (Å²) < 4.78 is 4.74. The van der Waals surface area contributed by atoms with Crippen LogP contribution in [0.3, 0.4) is 0 Å². The summed E-state index contributed by atoms with van der Waals surface area (Å²) >= 11 is 0. The largest absolute Gasteiger partial charge is 0.429 e. The number of carbonyl (C=O) groups excluding carboxylic acids is 1. The van der Waals surface area contributed by atoms with Crippen LogP contribution >= 0.6 is 0 Å². The summed E-state index contributed by atoms with van der Waals surface area (Å²) in [6, 6.07) is 7.73. The molecule has 62 valence electrons. The van der Waals surface area contributed by atoms with Gasteiger partial charge < -0.3 is 4.74 Å². The lowest BCUT2D eigenvalue weighted by Gasteiger charge is -2.00. The van der Waals surface area contributed by atoms with Gasteiger partial charge in [-0.25, -0.2) is 0 Å². The van der Waals surface area contributed by atoms with Crippen LogP contribution in [0.1, 0.15) is 24.3 Å². The molecule has 0 aliphatic heterocycles. The van der Waals surface area contributed by atoms with Crippen molar-refractivity contribution in [3.63, 3.8) is 0 Å². The predicted octanol–water partition coefficient (Wildman–Crippen LogP) is 2.10. The average Bonchev–Trinajstić information content (AvgIpc) is 2.88. The van der Waals surface area contributed by atoms with Gasteiger partial charge in [0.2, 0.25) is 0 Å². The van der Waals surface area contributed by atoms with E-state index in [-0.39, 0.29) is 0 Å². The lowest BCUT2D eigenvalue weighted by atomic mass is 10.1. The number of ether oxygens (including phenoxy) is 1. The van der Waals surface area contributed by atoms with Crippen LogP contribution in [-0.2, 0) is 4.79 Å². The van der Waals surface area contributed by atoms with Gasteiger partial charge in [0.25, 0.3) is 6.47 Å². The zero-order valence-corrected chi connectivity index (χ0v) is 6.69. The molecule has 0 N–H and O–H groups in total. The standard InChI is InChI=1S/C10H10O2/c11-7-12-10-3-1-2-9(6-10)8-4-5-8/h1-3,6-8H,4-5H2. The highest BCUT2D eigenvalue weighted by Crippen LogP contribution is 2.40. The van der Waals surface area contributed by atoms with Crippen molar-refractivity contribution in [1.82, 2.24) is 0 Å². The van der Waals surface area contributed by atoms with Crippen molar-refractivity contribution >= 4 is 6.47 Å². The molecule has 1 aliphatic carbocycles. The zero-order valence-electron chi connectivity index (χ0n) is 6.69. The first-order valence-corrected chi connectivity index (χ1v) is 4.10. The van der Waals surface area contributed by atoms with E-state index >= 15 is 0 Å². The predicted molar refractivity (Wildman–Crippen MR) is 45.1 cm³/mol. The minimum Gasteiger partial charge on any atom is -0.429 e. The Bertz CT molecular complexity index is 290. The fourth-order valence-electron chi connectivity index (χ4n) is 1.31. The normalized spacial score (nSPS) is 15.7. The molecule has 2 nitrogen and oxygen atoms in total. The summed E-state index contributed by atoms with van der Waals surface area (Å²) in [4.78, 5) is 10.0. The molecule has 1 aliphatic rings. The maximum absolute atomic E-state index is 10.0. The second-order valence-corrected chi connectivity index (χ2v) is 3.06. The Hall–Kier alpha value is -1.31.